The van der Waals surface area contributed by atoms with Crippen LogP contribution in [-0.2, 0) is 5.41 Å². The van der Waals surface area contributed by atoms with E-state index in [1.165, 1.54) is 18.4 Å². The van der Waals surface area contributed by atoms with E-state index in [2.05, 4.69) is 51.7 Å². The first-order valence-electron chi connectivity index (χ1n) is 10.7. The number of hydrogen-bond donors (Lipinski definition) is 2. The molecule has 4 rings (SSSR count). The number of hydrogen-bond acceptors (Lipinski definition) is 3. The highest BCUT2D eigenvalue weighted by Crippen LogP contribution is 2.48. The van der Waals surface area contributed by atoms with Crippen molar-refractivity contribution in [1.82, 2.24) is 15.6 Å². The summed E-state index contributed by atoms with van der Waals surface area (Å²) in [5.74, 6) is 2.00. The average molecular weight is 540 g/mol. The minimum absolute atomic E-state index is 0. The number of rotatable bonds is 6. The summed E-state index contributed by atoms with van der Waals surface area (Å²) in [5, 5.41) is 7.89. The molecule has 0 amide bonds. The fourth-order valence-electron chi connectivity index (χ4n) is 4.04. The lowest BCUT2D eigenvalue weighted by atomic mass is 9.96. The molecule has 1 saturated carbocycles. The van der Waals surface area contributed by atoms with Crippen molar-refractivity contribution in [1.29, 1.82) is 0 Å². The molecule has 2 aromatic rings. The lowest BCUT2D eigenvalue weighted by molar-refractivity contribution is 0.459. The van der Waals surface area contributed by atoms with E-state index in [9.17, 15) is 0 Å². The first-order valence-corrected chi connectivity index (χ1v) is 11.0. The summed E-state index contributed by atoms with van der Waals surface area (Å²) in [4.78, 5) is 11.8. The molecule has 7 heteroatoms. The van der Waals surface area contributed by atoms with Crippen molar-refractivity contribution in [2.75, 3.05) is 31.1 Å². The minimum Gasteiger partial charge on any atom is -0.357 e. The molecule has 1 aliphatic carbocycles. The maximum Gasteiger partial charge on any atom is 0.191 e. The van der Waals surface area contributed by atoms with Gasteiger partial charge in [-0.05, 0) is 62.4 Å². The molecular weight excluding hydrogens is 509 g/mol. The third-order valence-corrected chi connectivity index (χ3v) is 6.22. The Balaban J connectivity index is 0.00000256. The van der Waals surface area contributed by atoms with E-state index in [0.29, 0.717) is 6.04 Å². The van der Waals surface area contributed by atoms with Gasteiger partial charge in [0.15, 0.2) is 5.96 Å². The second-order valence-electron chi connectivity index (χ2n) is 8.08. The van der Waals surface area contributed by atoms with Crippen LogP contribution in [0.1, 0.15) is 38.2 Å². The average Bonchev–Trinajstić information content (AvgIpc) is 3.55. The molecule has 2 heterocycles. The highest BCUT2D eigenvalue weighted by Gasteiger charge is 2.44. The van der Waals surface area contributed by atoms with Gasteiger partial charge in [0.2, 0.25) is 0 Å². The van der Waals surface area contributed by atoms with Gasteiger partial charge in [-0.2, -0.15) is 0 Å². The van der Waals surface area contributed by atoms with Gasteiger partial charge >= 0.3 is 0 Å². The summed E-state index contributed by atoms with van der Waals surface area (Å²) in [6.07, 6.45) is 6.39. The molecule has 0 atom stereocenters. The van der Waals surface area contributed by atoms with Crippen LogP contribution in [0.3, 0.4) is 0 Å². The number of guanidine groups is 1. The Morgan fingerprint density at radius 3 is 2.63 bits per heavy atom. The smallest absolute Gasteiger partial charge is 0.191 e. The van der Waals surface area contributed by atoms with Gasteiger partial charge in [0.1, 0.15) is 5.82 Å². The standard InChI is InChI=1S/C23H30ClN5.HI/c1-2-25-22(27-17-23(11-12-23)18-6-5-7-19(24)16-18)28-20-9-14-29(15-10-20)21-8-3-4-13-26-21;/h3-8,13,16,20H,2,9-12,14-15,17H2,1H3,(H2,25,27,28);1H. The summed E-state index contributed by atoms with van der Waals surface area (Å²) in [5.41, 5.74) is 1.48. The first-order chi connectivity index (χ1) is 14.2. The van der Waals surface area contributed by atoms with E-state index in [0.717, 1.165) is 55.8 Å². The highest BCUT2D eigenvalue weighted by atomic mass is 127. The molecule has 2 aliphatic rings. The zero-order valence-corrected chi connectivity index (χ0v) is 20.6. The second kappa shape index (κ2) is 10.7. The summed E-state index contributed by atoms with van der Waals surface area (Å²) < 4.78 is 0. The summed E-state index contributed by atoms with van der Waals surface area (Å²) >= 11 is 6.21. The van der Waals surface area contributed by atoms with E-state index < -0.39 is 0 Å². The molecule has 1 aromatic heterocycles. The molecule has 1 saturated heterocycles. The Morgan fingerprint density at radius 1 is 1.20 bits per heavy atom. The molecule has 1 aliphatic heterocycles. The van der Waals surface area contributed by atoms with Crippen molar-refractivity contribution in [3.63, 3.8) is 0 Å². The van der Waals surface area contributed by atoms with Crippen LogP contribution in [0.4, 0.5) is 5.82 Å². The lowest BCUT2D eigenvalue weighted by Gasteiger charge is -2.33. The number of pyridine rings is 1. The van der Waals surface area contributed by atoms with Gasteiger partial charge in [-0.25, -0.2) is 4.98 Å². The third-order valence-electron chi connectivity index (χ3n) is 5.98. The maximum atomic E-state index is 6.21. The molecule has 1 aromatic carbocycles. The van der Waals surface area contributed by atoms with Crippen molar-refractivity contribution in [3.05, 3.63) is 59.2 Å². The minimum atomic E-state index is 0. The Bertz CT molecular complexity index is 832. The molecule has 5 nitrogen and oxygen atoms in total. The van der Waals surface area contributed by atoms with Gasteiger partial charge in [0, 0.05) is 42.3 Å². The molecular formula is C23H31ClIN5. The molecule has 0 spiro atoms. The van der Waals surface area contributed by atoms with Crippen molar-refractivity contribution >= 4 is 47.4 Å². The van der Waals surface area contributed by atoms with Crippen molar-refractivity contribution < 1.29 is 0 Å². The molecule has 0 radical (unpaired) electrons. The van der Waals surface area contributed by atoms with Crippen LogP contribution in [0.15, 0.2) is 53.7 Å². The van der Waals surface area contributed by atoms with Gasteiger partial charge < -0.3 is 15.5 Å². The number of nitrogens with zero attached hydrogens (tertiary/aromatic N) is 3. The van der Waals surface area contributed by atoms with E-state index >= 15 is 0 Å². The van der Waals surface area contributed by atoms with Crippen LogP contribution >= 0.6 is 35.6 Å². The summed E-state index contributed by atoms with van der Waals surface area (Å²) in [6, 6.07) is 14.8. The van der Waals surface area contributed by atoms with Gasteiger partial charge in [-0.15, -0.1) is 24.0 Å². The fourth-order valence-corrected chi connectivity index (χ4v) is 4.24. The van der Waals surface area contributed by atoms with E-state index in [1.807, 2.05) is 24.4 Å². The van der Waals surface area contributed by atoms with E-state index in [-0.39, 0.29) is 29.4 Å². The van der Waals surface area contributed by atoms with Crippen LogP contribution < -0.4 is 15.5 Å². The first kappa shape index (κ1) is 23.1. The van der Waals surface area contributed by atoms with Crippen LogP contribution in [-0.4, -0.2) is 43.2 Å². The maximum absolute atomic E-state index is 6.21. The molecule has 162 valence electrons. The Hall–Kier alpha value is -1.54. The van der Waals surface area contributed by atoms with Crippen molar-refractivity contribution in [2.45, 2.75) is 44.1 Å². The topological polar surface area (TPSA) is 52.6 Å². The Kier molecular flexibility index (Phi) is 8.22. The van der Waals surface area contributed by atoms with E-state index in [4.69, 9.17) is 16.6 Å². The molecule has 2 N–H and O–H groups in total. The normalized spacial score (nSPS) is 18.5. The summed E-state index contributed by atoms with van der Waals surface area (Å²) in [6.45, 7) is 5.81. The van der Waals surface area contributed by atoms with Gasteiger partial charge in [-0.1, -0.05) is 29.8 Å². The predicted molar refractivity (Wildman–Crippen MR) is 136 cm³/mol. The summed E-state index contributed by atoms with van der Waals surface area (Å²) in [7, 11) is 0. The second-order valence-corrected chi connectivity index (χ2v) is 8.52. The van der Waals surface area contributed by atoms with Gasteiger partial charge in [0.25, 0.3) is 0 Å². The van der Waals surface area contributed by atoms with Crippen molar-refractivity contribution in [3.8, 4) is 0 Å². The fraction of sp³-hybridized carbons (Fsp3) is 0.478. The monoisotopic (exact) mass is 539 g/mol. The quantitative estimate of drug-likeness (QED) is 0.320. The van der Waals surface area contributed by atoms with Crippen LogP contribution in [0.2, 0.25) is 5.02 Å². The van der Waals surface area contributed by atoms with Gasteiger partial charge in [0.05, 0.1) is 6.54 Å². The Labute approximate surface area is 201 Å². The van der Waals surface area contributed by atoms with Crippen LogP contribution in [0, 0.1) is 0 Å². The number of piperidine rings is 1. The zero-order valence-electron chi connectivity index (χ0n) is 17.5. The molecule has 0 unspecified atom stereocenters. The van der Waals surface area contributed by atoms with E-state index in [1.54, 1.807) is 0 Å². The van der Waals surface area contributed by atoms with Gasteiger partial charge in [-0.3, -0.25) is 4.99 Å². The largest absolute Gasteiger partial charge is 0.357 e. The number of aliphatic imine (C=N–C) groups is 1. The lowest BCUT2D eigenvalue weighted by Crippen LogP contribution is -2.49. The predicted octanol–water partition coefficient (Wildman–Crippen LogP) is 4.61. The molecule has 0 bridgehead atoms. The number of anilines is 1. The Morgan fingerprint density at radius 2 is 2.00 bits per heavy atom. The number of halogens is 2. The third kappa shape index (κ3) is 5.78. The zero-order chi connectivity index (χ0) is 20.1. The number of benzene rings is 1. The molecule has 2 fully saturated rings. The molecule has 30 heavy (non-hydrogen) atoms. The number of aromatic nitrogens is 1. The highest BCUT2D eigenvalue weighted by molar-refractivity contribution is 14.0. The SMILES string of the molecule is CCNC(=NCC1(c2cccc(Cl)c2)CC1)NC1CCN(c2ccccn2)CC1.I. The van der Waals surface area contributed by atoms with Crippen LogP contribution in [0.5, 0.6) is 0 Å². The number of nitrogens with one attached hydrogen (secondary N) is 2. The van der Waals surface area contributed by atoms with Crippen LogP contribution in [0.25, 0.3) is 0 Å². The van der Waals surface area contributed by atoms with Crippen molar-refractivity contribution in [2.24, 2.45) is 4.99 Å².